The molecule has 0 aliphatic carbocycles. The third kappa shape index (κ3) is 4.07. The summed E-state index contributed by atoms with van der Waals surface area (Å²) in [4.78, 5) is 14.0. The molecule has 3 nitrogen and oxygen atoms in total. The minimum absolute atomic E-state index is 0. The Morgan fingerprint density at radius 1 is 1.05 bits per heavy atom. The van der Waals surface area contributed by atoms with Crippen molar-refractivity contribution < 1.29 is 21.8 Å². The molecule has 1 aromatic carbocycles. The van der Waals surface area contributed by atoms with Crippen LogP contribution >= 0.6 is 0 Å². The van der Waals surface area contributed by atoms with Gasteiger partial charge in [-0.15, -0.1) is 0 Å². The van der Waals surface area contributed by atoms with Crippen LogP contribution in [0.25, 0.3) is 0 Å². The van der Waals surface area contributed by atoms with E-state index in [0.29, 0.717) is 6.54 Å². The molecule has 19 heavy (non-hydrogen) atoms. The second-order valence-electron chi connectivity index (χ2n) is 4.41. The Balaban J connectivity index is 0.00000180. The predicted octanol–water partition coefficient (Wildman–Crippen LogP) is -1.07. The molecule has 0 amide bonds. The molecule has 0 atom stereocenters. The number of halogens is 1. The van der Waals surface area contributed by atoms with Gasteiger partial charge in [0, 0.05) is 37.5 Å². The molecule has 2 aromatic rings. The number of nitrogens with zero attached hydrogens (tertiary/aromatic N) is 2. The molecule has 100 valence electrons. The van der Waals surface area contributed by atoms with Gasteiger partial charge in [0.25, 0.3) is 0 Å². The Kier molecular flexibility index (Phi) is 5.52. The molecule has 0 fully saturated rings. The summed E-state index contributed by atoms with van der Waals surface area (Å²) in [6.07, 6.45) is 3.85. The summed E-state index contributed by atoms with van der Waals surface area (Å²) < 4.78 is 1.89. The van der Waals surface area contributed by atoms with Crippen molar-refractivity contribution in [2.45, 2.75) is 6.54 Å². The highest BCUT2D eigenvalue weighted by Crippen LogP contribution is 2.06. The number of hydrogen-bond donors (Lipinski definition) is 0. The van der Waals surface area contributed by atoms with Crippen LogP contribution in [0.15, 0.2) is 54.9 Å². The number of aromatic nitrogens is 1. The molecule has 0 radical (unpaired) electrons. The number of pyridine rings is 1. The van der Waals surface area contributed by atoms with E-state index in [1.807, 2.05) is 78.4 Å². The molecule has 1 aromatic heterocycles. The fraction of sp³-hybridized carbons (Fsp3) is 0.200. The second-order valence-corrected chi connectivity index (χ2v) is 4.41. The first-order valence-electron chi connectivity index (χ1n) is 5.91. The fourth-order valence-corrected chi connectivity index (χ4v) is 1.73. The Morgan fingerprint density at radius 3 is 2.16 bits per heavy atom. The average Bonchev–Trinajstić information content (AvgIpc) is 2.40. The molecule has 0 unspecified atom stereocenters. The standard InChI is InChI=1S/C15H17N2O.ClH/c1-16(2)14-8-10-17(11-9-14)12-15(18)13-6-4-3-5-7-13;/h3-11H,12H2,1-2H3;1H/q+1;/p-1. The molecule has 0 bridgehead atoms. The van der Waals surface area contributed by atoms with Crippen molar-refractivity contribution in [1.29, 1.82) is 0 Å². The lowest BCUT2D eigenvalue weighted by Crippen LogP contribution is -3.00. The number of anilines is 1. The first-order chi connectivity index (χ1) is 8.66. The quantitative estimate of drug-likeness (QED) is 0.525. The van der Waals surface area contributed by atoms with E-state index in [9.17, 15) is 4.79 Å². The van der Waals surface area contributed by atoms with Crippen LogP contribution in [-0.4, -0.2) is 19.9 Å². The molecule has 0 aliphatic heterocycles. The lowest BCUT2D eigenvalue weighted by Gasteiger charge is -2.10. The van der Waals surface area contributed by atoms with E-state index < -0.39 is 0 Å². The molecule has 0 aliphatic rings. The number of benzene rings is 1. The molecule has 0 N–H and O–H groups in total. The number of ketones is 1. The van der Waals surface area contributed by atoms with Gasteiger partial charge < -0.3 is 17.3 Å². The van der Waals surface area contributed by atoms with E-state index >= 15 is 0 Å². The third-order valence-electron chi connectivity index (χ3n) is 2.81. The van der Waals surface area contributed by atoms with Gasteiger partial charge in [0.1, 0.15) is 0 Å². The van der Waals surface area contributed by atoms with Gasteiger partial charge in [0.05, 0.1) is 0 Å². The summed E-state index contributed by atoms with van der Waals surface area (Å²) in [6, 6.07) is 13.4. The van der Waals surface area contributed by atoms with Gasteiger partial charge in [-0.05, 0) is 0 Å². The van der Waals surface area contributed by atoms with E-state index in [1.165, 1.54) is 0 Å². The topological polar surface area (TPSA) is 24.2 Å². The maximum atomic E-state index is 12.0. The Labute approximate surface area is 119 Å². The smallest absolute Gasteiger partial charge is 0.227 e. The van der Waals surface area contributed by atoms with Gasteiger partial charge in [0.15, 0.2) is 12.4 Å². The zero-order valence-electron chi connectivity index (χ0n) is 11.1. The van der Waals surface area contributed by atoms with Gasteiger partial charge in [-0.1, -0.05) is 30.3 Å². The van der Waals surface area contributed by atoms with Crippen LogP contribution in [0.1, 0.15) is 10.4 Å². The van der Waals surface area contributed by atoms with E-state index in [0.717, 1.165) is 11.3 Å². The van der Waals surface area contributed by atoms with Crippen LogP contribution in [0.4, 0.5) is 5.69 Å². The zero-order chi connectivity index (χ0) is 13.0. The highest BCUT2D eigenvalue weighted by atomic mass is 35.5. The van der Waals surface area contributed by atoms with Crippen molar-refractivity contribution in [3.8, 4) is 0 Å². The van der Waals surface area contributed by atoms with E-state index in [4.69, 9.17) is 0 Å². The van der Waals surface area contributed by atoms with Gasteiger partial charge >= 0.3 is 0 Å². The van der Waals surface area contributed by atoms with Crippen LogP contribution in [0.3, 0.4) is 0 Å². The summed E-state index contributed by atoms with van der Waals surface area (Å²) >= 11 is 0. The van der Waals surface area contributed by atoms with Gasteiger partial charge in [-0.3, -0.25) is 4.79 Å². The summed E-state index contributed by atoms with van der Waals surface area (Å²) in [5.74, 6) is 0.123. The fourth-order valence-electron chi connectivity index (χ4n) is 1.73. The lowest BCUT2D eigenvalue weighted by molar-refractivity contribution is -0.683. The molecule has 0 saturated heterocycles. The predicted molar refractivity (Wildman–Crippen MR) is 71.7 cm³/mol. The number of carbonyl (C=O) groups is 1. The summed E-state index contributed by atoms with van der Waals surface area (Å²) in [5.41, 5.74) is 1.88. The summed E-state index contributed by atoms with van der Waals surface area (Å²) in [6.45, 7) is 0.373. The zero-order valence-corrected chi connectivity index (χ0v) is 11.8. The molecule has 2 rings (SSSR count). The van der Waals surface area contributed by atoms with Gasteiger partial charge in [0.2, 0.25) is 12.3 Å². The summed E-state index contributed by atoms with van der Waals surface area (Å²) in [7, 11) is 3.99. The molecular weight excluding hydrogens is 260 g/mol. The SMILES string of the molecule is CN(C)c1cc[n+](CC(=O)c2ccccc2)cc1.[Cl-]. The van der Waals surface area contributed by atoms with Crippen molar-refractivity contribution >= 4 is 11.5 Å². The van der Waals surface area contributed by atoms with Crippen LogP contribution < -0.4 is 21.9 Å². The summed E-state index contributed by atoms with van der Waals surface area (Å²) in [5, 5.41) is 0. The largest absolute Gasteiger partial charge is 1.00 e. The number of Topliss-reactive ketones (excluding diaryl/α,β-unsaturated/α-hetero) is 1. The first-order valence-corrected chi connectivity index (χ1v) is 5.91. The number of rotatable bonds is 4. The van der Waals surface area contributed by atoms with Crippen LogP contribution in [0, 0.1) is 0 Å². The first kappa shape index (κ1) is 15.2. The van der Waals surface area contributed by atoms with E-state index in [2.05, 4.69) is 0 Å². The molecular formula is C15H17ClN2O. The minimum atomic E-state index is 0. The third-order valence-corrected chi connectivity index (χ3v) is 2.81. The van der Waals surface area contributed by atoms with E-state index in [-0.39, 0.29) is 18.2 Å². The highest BCUT2D eigenvalue weighted by Gasteiger charge is 2.11. The van der Waals surface area contributed by atoms with Crippen molar-refractivity contribution in [2.24, 2.45) is 0 Å². The monoisotopic (exact) mass is 276 g/mol. The van der Waals surface area contributed by atoms with Crippen molar-refractivity contribution in [2.75, 3.05) is 19.0 Å². The number of hydrogen-bond acceptors (Lipinski definition) is 2. The van der Waals surface area contributed by atoms with Crippen LogP contribution in [0.2, 0.25) is 0 Å². The molecule has 0 saturated carbocycles. The number of carbonyl (C=O) groups excluding carboxylic acids is 1. The average molecular weight is 277 g/mol. The van der Waals surface area contributed by atoms with Crippen LogP contribution in [0.5, 0.6) is 0 Å². The normalized spacial score (nSPS) is 9.58. The van der Waals surface area contributed by atoms with Gasteiger partial charge in [-0.2, -0.15) is 4.57 Å². The molecule has 0 spiro atoms. The van der Waals surface area contributed by atoms with Crippen LogP contribution in [-0.2, 0) is 6.54 Å². The minimum Gasteiger partial charge on any atom is -1.00 e. The maximum absolute atomic E-state index is 12.0. The Bertz CT molecular complexity index is 524. The maximum Gasteiger partial charge on any atom is 0.227 e. The van der Waals surface area contributed by atoms with Crippen molar-refractivity contribution in [3.63, 3.8) is 0 Å². The Morgan fingerprint density at radius 2 is 1.63 bits per heavy atom. The molecule has 4 heteroatoms. The van der Waals surface area contributed by atoms with E-state index in [1.54, 1.807) is 0 Å². The highest BCUT2D eigenvalue weighted by molar-refractivity contribution is 5.94. The van der Waals surface area contributed by atoms with Crippen molar-refractivity contribution in [3.05, 3.63) is 60.4 Å². The Hall–Kier alpha value is -1.87. The van der Waals surface area contributed by atoms with Gasteiger partial charge in [-0.25, -0.2) is 0 Å². The second kappa shape index (κ2) is 6.90. The molecule has 1 heterocycles. The lowest BCUT2D eigenvalue weighted by atomic mass is 10.1. The van der Waals surface area contributed by atoms with Crippen molar-refractivity contribution in [1.82, 2.24) is 0 Å².